The summed E-state index contributed by atoms with van der Waals surface area (Å²) in [5.41, 5.74) is 0.880. The second kappa shape index (κ2) is 8.70. The van der Waals surface area contributed by atoms with Gasteiger partial charge >= 0.3 is 5.97 Å². The van der Waals surface area contributed by atoms with Gasteiger partial charge in [-0.1, -0.05) is 0 Å². The van der Waals surface area contributed by atoms with E-state index in [9.17, 15) is 14.4 Å². The zero-order chi connectivity index (χ0) is 15.7. The van der Waals surface area contributed by atoms with E-state index in [1.807, 2.05) is 0 Å². The first kappa shape index (κ1) is 16.6. The van der Waals surface area contributed by atoms with E-state index in [-0.39, 0.29) is 12.3 Å². The van der Waals surface area contributed by atoms with Gasteiger partial charge < -0.3 is 20.1 Å². The molecule has 21 heavy (non-hydrogen) atoms. The average Bonchev–Trinajstić information content (AvgIpc) is 2.47. The van der Waals surface area contributed by atoms with Crippen molar-refractivity contribution in [3.8, 4) is 0 Å². The van der Waals surface area contributed by atoms with Crippen LogP contribution in [0.3, 0.4) is 0 Å². The van der Waals surface area contributed by atoms with Crippen LogP contribution in [0.25, 0.3) is 0 Å². The van der Waals surface area contributed by atoms with Crippen LogP contribution in [0.15, 0.2) is 24.3 Å². The number of rotatable bonds is 7. The molecule has 0 atom stereocenters. The van der Waals surface area contributed by atoms with E-state index in [0.29, 0.717) is 24.4 Å². The molecule has 1 aromatic rings. The van der Waals surface area contributed by atoms with Crippen LogP contribution >= 0.6 is 0 Å². The van der Waals surface area contributed by atoms with Gasteiger partial charge in [0.15, 0.2) is 0 Å². The Morgan fingerprint density at radius 2 is 1.71 bits per heavy atom. The number of hydrogen-bond donors (Lipinski definition) is 2. The SMILES string of the molecule is COCCNC(=O)CC(=O)Nc1ccc(C(=O)OC)cc1. The summed E-state index contributed by atoms with van der Waals surface area (Å²) < 4.78 is 9.35. The summed E-state index contributed by atoms with van der Waals surface area (Å²) in [6, 6.07) is 6.18. The highest BCUT2D eigenvalue weighted by atomic mass is 16.5. The van der Waals surface area contributed by atoms with E-state index in [0.717, 1.165) is 0 Å². The van der Waals surface area contributed by atoms with Crippen LogP contribution < -0.4 is 10.6 Å². The molecule has 2 amide bonds. The number of benzene rings is 1. The Hall–Kier alpha value is -2.41. The zero-order valence-electron chi connectivity index (χ0n) is 12.0. The van der Waals surface area contributed by atoms with Crippen molar-refractivity contribution in [2.24, 2.45) is 0 Å². The molecule has 0 spiro atoms. The fourth-order valence-electron chi connectivity index (χ4n) is 1.51. The van der Waals surface area contributed by atoms with E-state index in [1.54, 1.807) is 12.1 Å². The van der Waals surface area contributed by atoms with Crippen LogP contribution in [0.4, 0.5) is 5.69 Å². The van der Waals surface area contributed by atoms with E-state index in [1.165, 1.54) is 26.4 Å². The van der Waals surface area contributed by atoms with Gasteiger partial charge in [-0.25, -0.2) is 4.79 Å². The highest BCUT2D eigenvalue weighted by Gasteiger charge is 2.10. The molecule has 0 aromatic heterocycles. The van der Waals surface area contributed by atoms with E-state index < -0.39 is 11.9 Å². The number of amides is 2. The quantitative estimate of drug-likeness (QED) is 0.435. The molecule has 7 nitrogen and oxygen atoms in total. The molecule has 0 unspecified atom stereocenters. The third-order valence-electron chi connectivity index (χ3n) is 2.54. The highest BCUT2D eigenvalue weighted by molar-refractivity contribution is 6.03. The predicted molar refractivity (Wildman–Crippen MR) is 75.9 cm³/mol. The maximum Gasteiger partial charge on any atom is 0.337 e. The molecule has 0 saturated carbocycles. The molecular weight excluding hydrogens is 276 g/mol. The summed E-state index contributed by atoms with van der Waals surface area (Å²) in [5.74, 6) is -1.27. The van der Waals surface area contributed by atoms with Crippen molar-refractivity contribution in [3.63, 3.8) is 0 Å². The molecular formula is C14H18N2O5. The predicted octanol–water partition coefficient (Wildman–Crippen LogP) is 0.564. The molecule has 2 N–H and O–H groups in total. The van der Waals surface area contributed by atoms with Gasteiger partial charge in [0, 0.05) is 19.3 Å². The van der Waals surface area contributed by atoms with Gasteiger partial charge in [0.25, 0.3) is 0 Å². The third-order valence-corrected chi connectivity index (χ3v) is 2.54. The van der Waals surface area contributed by atoms with Crippen molar-refractivity contribution in [3.05, 3.63) is 29.8 Å². The Bertz CT molecular complexity index is 499. The molecule has 0 heterocycles. The normalized spacial score (nSPS) is 9.81. The van der Waals surface area contributed by atoms with Crippen LogP contribution in [-0.4, -0.2) is 45.2 Å². The Morgan fingerprint density at radius 3 is 2.29 bits per heavy atom. The second-order valence-corrected chi connectivity index (χ2v) is 4.14. The number of methoxy groups -OCH3 is 2. The van der Waals surface area contributed by atoms with Gasteiger partial charge in [-0.05, 0) is 24.3 Å². The van der Waals surface area contributed by atoms with Crippen LogP contribution in [0.1, 0.15) is 16.8 Å². The Balaban J connectivity index is 2.44. The highest BCUT2D eigenvalue weighted by Crippen LogP contribution is 2.10. The minimum atomic E-state index is -0.453. The minimum absolute atomic E-state index is 0.275. The van der Waals surface area contributed by atoms with Crippen molar-refractivity contribution in [2.75, 3.05) is 32.7 Å². The van der Waals surface area contributed by atoms with Gasteiger partial charge in [-0.2, -0.15) is 0 Å². The number of nitrogens with one attached hydrogen (secondary N) is 2. The van der Waals surface area contributed by atoms with Crippen molar-refractivity contribution in [1.29, 1.82) is 0 Å². The lowest BCUT2D eigenvalue weighted by molar-refractivity contribution is -0.126. The first-order valence-corrected chi connectivity index (χ1v) is 6.30. The lowest BCUT2D eigenvalue weighted by atomic mass is 10.2. The molecule has 7 heteroatoms. The van der Waals surface area contributed by atoms with Gasteiger partial charge in [0.1, 0.15) is 6.42 Å². The smallest absolute Gasteiger partial charge is 0.337 e. The van der Waals surface area contributed by atoms with Crippen LogP contribution in [-0.2, 0) is 19.1 Å². The summed E-state index contributed by atoms with van der Waals surface area (Å²) in [4.78, 5) is 34.3. The lowest BCUT2D eigenvalue weighted by Gasteiger charge is -2.07. The fourth-order valence-corrected chi connectivity index (χ4v) is 1.51. The van der Waals surface area contributed by atoms with Gasteiger partial charge in [0.2, 0.25) is 11.8 Å². The standard InChI is InChI=1S/C14H18N2O5/c1-20-8-7-15-12(17)9-13(18)16-11-5-3-10(4-6-11)14(19)21-2/h3-6H,7-9H2,1-2H3,(H,15,17)(H,16,18). The minimum Gasteiger partial charge on any atom is -0.465 e. The van der Waals surface area contributed by atoms with Crippen molar-refractivity contribution in [2.45, 2.75) is 6.42 Å². The molecule has 0 fully saturated rings. The van der Waals surface area contributed by atoms with Crippen molar-refractivity contribution in [1.82, 2.24) is 5.32 Å². The first-order valence-electron chi connectivity index (χ1n) is 6.30. The number of esters is 1. The molecule has 0 radical (unpaired) electrons. The molecule has 0 saturated heterocycles. The summed E-state index contributed by atoms with van der Waals surface area (Å²) in [5, 5.41) is 5.11. The molecule has 1 aromatic carbocycles. The maximum atomic E-state index is 11.6. The Labute approximate surface area is 122 Å². The van der Waals surface area contributed by atoms with Crippen LogP contribution in [0.2, 0.25) is 0 Å². The van der Waals surface area contributed by atoms with E-state index in [2.05, 4.69) is 15.4 Å². The van der Waals surface area contributed by atoms with Gasteiger partial charge in [-0.3, -0.25) is 9.59 Å². The van der Waals surface area contributed by atoms with E-state index >= 15 is 0 Å². The number of ether oxygens (including phenoxy) is 2. The summed E-state index contributed by atoms with van der Waals surface area (Å²) in [6.45, 7) is 0.749. The number of hydrogen-bond acceptors (Lipinski definition) is 5. The van der Waals surface area contributed by atoms with Crippen LogP contribution in [0.5, 0.6) is 0 Å². The van der Waals surface area contributed by atoms with E-state index in [4.69, 9.17) is 4.74 Å². The van der Waals surface area contributed by atoms with Gasteiger partial charge in [0.05, 0.1) is 19.3 Å². The lowest BCUT2D eigenvalue weighted by Crippen LogP contribution is -2.30. The number of carbonyl (C=O) groups is 3. The Morgan fingerprint density at radius 1 is 1.05 bits per heavy atom. The van der Waals surface area contributed by atoms with Gasteiger partial charge in [-0.15, -0.1) is 0 Å². The number of carbonyl (C=O) groups excluding carboxylic acids is 3. The van der Waals surface area contributed by atoms with Crippen molar-refractivity contribution < 1.29 is 23.9 Å². The van der Waals surface area contributed by atoms with Crippen LogP contribution in [0, 0.1) is 0 Å². The van der Waals surface area contributed by atoms with Crippen molar-refractivity contribution >= 4 is 23.5 Å². The molecule has 0 aliphatic heterocycles. The molecule has 114 valence electrons. The maximum absolute atomic E-state index is 11.6. The topological polar surface area (TPSA) is 93.7 Å². The first-order chi connectivity index (χ1) is 10.1. The second-order valence-electron chi connectivity index (χ2n) is 4.14. The molecule has 0 aliphatic rings. The molecule has 1 rings (SSSR count). The molecule has 0 aliphatic carbocycles. The Kier molecular flexibility index (Phi) is 6.90. The monoisotopic (exact) mass is 294 g/mol. The largest absolute Gasteiger partial charge is 0.465 e. The average molecular weight is 294 g/mol. The summed E-state index contributed by atoms with van der Waals surface area (Å²) >= 11 is 0. The summed E-state index contributed by atoms with van der Waals surface area (Å²) in [7, 11) is 2.82. The fraction of sp³-hybridized carbons (Fsp3) is 0.357. The third kappa shape index (κ3) is 6.05. The summed E-state index contributed by atoms with van der Waals surface area (Å²) in [6.07, 6.45) is -0.275. The number of anilines is 1. The molecule has 0 bridgehead atoms. The zero-order valence-corrected chi connectivity index (χ0v) is 12.0.